The highest BCUT2D eigenvalue weighted by Gasteiger charge is 2.31. The van der Waals surface area contributed by atoms with Crippen LogP contribution < -0.4 is 5.32 Å². The van der Waals surface area contributed by atoms with E-state index < -0.39 is 10.0 Å². The van der Waals surface area contributed by atoms with E-state index >= 15 is 0 Å². The smallest absolute Gasteiger partial charge is 0.227 e. The van der Waals surface area contributed by atoms with Crippen LogP contribution in [0, 0.1) is 5.92 Å². The molecule has 2 aromatic carbocycles. The van der Waals surface area contributed by atoms with E-state index in [0.29, 0.717) is 36.5 Å². The molecule has 0 spiro atoms. The van der Waals surface area contributed by atoms with Crippen LogP contribution in [0.25, 0.3) is 0 Å². The summed E-state index contributed by atoms with van der Waals surface area (Å²) in [5.74, 6) is -0.292. The van der Waals surface area contributed by atoms with Gasteiger partial charge < -0.3 is 5.32 Å². The number of carbonyl (C=O) groups excluding carboxylic acids is 1. The summed E-state index contributed by atoms with van der Waals surface area (Å²) in [7, 11) is -3.43. The van der Waals surface area contributed by atoms with Crippen molar-refractivity contribution >= 4 is 33.2 Å². The van der Waals surface area contributed by atoms with Crippen molar-refractivity contribution < 1.29 is 13.2 Å². The lowest BCUT2D eigenvalue weighted by molar-refractivity contribution is -0.120. The molecule has 0 bridgehead atoms. The highest BCUT2D eigenvalue weighted by atomic mass is 35.5. The summed E-state index contributed by atoms with van der Waals surface area (Å²) < 4.78 is 26.9. The average Bonchev–Trinajstić information content (AvgIpc) is 2.73. The molecule has 3 rings (SSSR count). The lowest BCUT2D eigenvalue weighted by Gasteiger charge is -2.30. The maximum Gasteiger partial charge on any atom is 0.227 e. The van der Waals surface area contributed by atoms with Crippen molar-refractivity contribution in [1.82, 2.24) is 4.31 Å². The number of carbonyl (C=O) groups is 1. The molecular formula is C23H29ClN2O3S. The number of anilines is 1. The van der Waals surface area contributed by atoms with Gasteiger partial charge in [0.25, 0.3) is 0 Å². The van der Waals surface area contributed by atoms with Gasteiger partial charge in [0.1, 0.15) is 0 Å². The fourth-order valence-electron chi connectivity index (χ4n) is 3.70. The summed E-state index contributed by atoms with van der Waals surface area (Å²) in [5.41, 5.74) is 2.73. The fraction of sp³-hybridized carbons (Fsp3) is 0.435. The first-order chi connectivity index (χ1) is 14.4. The molecule has 1 amide bonds. The number of halogens is 1. The summed E-state index contributed by atoms with van der Waals surface area (Å²) in [6.45, 7) is 2.89. The number of unbranched alkanes of at least 4 members (excludes halogenated alkanes) is 1. The van der Waals surface area contributed by atoms with E-state index in [9.17, 15) is 13.2 Å². The zero-order valence-electron chi connectivity index (χ0n) is 17.3. The van der Waals surface area contributed by atoms with Gasteiger partial charge in [0.05, 0.1) is 5.75 Å². The number of benzene rings is 2. The normalized spacial score (nSPS) is 15.8. The molecule has 7 heteroatoms. The number of piperidine rings is 1. The predicted octanol–water partition coefficient (Wildman–Crippen LogP) is 4.86. The molecule has 162 valence electrons. The van der Waals surface area contributed by atoms with Crippen LogP contribution in [0.3, 0.4) is 0 Å². The van der Waals surface area contributed by atoms with E-state index in [-0.39, 0.29) is 17.6 Å². The third kappa shape index (κ3) is 6.30. The number of nitrogens with one attached hydrogen (secondary N) is 1. The van der Waals surface area contributed by atoms with Crippen LogP contribution in [0.15, 0.2) is 48.5 Å². The molecule has 30 heavy (non-hydrogen) atoms. The Morgan fingerprint density at radius 2 is 1.80 bits per heavy atom. The molecule has 0 aliphatic carbocycles. The zero-order valence-corrected chi connectivity index (χ0v) is 18.9. The molecule has 5 nitrogen and oxygen atoms in total. The maximum atomic E-state index is 12.7. The minimum Gasteiger partial charge on any atom is -0.326 e. The third-order valence-electron chi connectivity index (χ3n) is 5.50. The minimum atomic E-state index is -3.43. The molecule has 1 aliphatic heterocycles. The van der Waals surface area contributed by atoms with Gasteiger partial charge in [-0.15, -0.1) is 0 Å². The molecule has 2 aromatic rings. The highest BCUT2D eigenvalue weighted by Crippen LogP contribution is 2.24. The second-order valence-corrected chi connectivity index (χ2v) is 10.3. The molecule has 0 unspecified atom stereocenters. The zero-order chi connectivity index (χ0) is 21.6. The molecule has 1 heterocycles. The van der Waals surface area contributed by atoms with Crippen LogP contribution >= 0.6 is 11.6 Å². The molecule has 1 saturated heterocycles. The van der Waals surface area contributed by atoms with Crippen LogP contribution in [-0.2, 0) is 27.0 Å². The first-order valence-electron chi connectivity index (χ1n) is 10.5. The van der Waals surface area contributed by atoms with Crippen LogP contribution in [0.4, 0.5) is 5.69 Å². The second kappa shape index (κ2) is 10.4. The lowest BCUT2D eigenvalue weighted by atomic mass is 9.97. The van der Waals surface area contributed by atoms with Crippen molar-refractivity contribution in [1.29, 1.82) is 0 Å². The molecular weight excluding hydrogens is 420 g/mol. The van der Waals surface area contributed by atoms with Crippen molar-refractivity contribution in [3.63, 3.8) is 0 Å². The van der Waals surface area contributed by atoms with Crippen LogP contribution in [0.5, 0.6) is 0 Å². The van der Waals surface area contributed by atoms with Crippen LogP contribution in [0.1, 0.15) is 43.7 Å². The molecule has 1 N–H and O–H groups in total. The summed E-state index contributed by atoms with van der Waals surface area (Å²) in [4.78, 5) is 12.6. The van der Waals surface area contributed by atoms with Gasteiger partial charge >= 0.3 is 0 Å². The van der Waals surface area contributed by atoms with E-state index in [1.165, 1.54) is 9.87 Å². The summed E-state index contributed by atoms with van der Waals surface area (Å²) in [6.07, 6.45) is 4.41. The summed E-state index contributed by atoms with van der Waals surface area (Å²) in [6, 6.07) is 14.9. The second-order valence-electron chi connectivity index (χ2n) is 7.85. The molecule has 1 aliphatic rings. The first kappa shape index (κ1) is 22.8. The Morgan fingerprint density at radius 1 is 1.10 bits per heavy atom. The standard InChI is InChI=1S/C23H29ClN2O3S/c1-2-3-5-18-8-10-22(11-9-18)25-23(27)20-12-14-26(15-13-20)30(28,29)17-19-6-4-7-21(24)16-19/h4,6-11,16,20H,2-3,5,12-15,17H2,1H3,(H,25,27). The van der Waals surface area contributed by atoms with Crippen molar-refractivity contribution in [2.45, 2.75) is 44.8 Å². The number of nitrogens with zero attached hydrogens (tertiary/aromatic N) is 1. The minimum absolute atomic E-state index is 0.0387. The van der Waals surface area contributed by atoms with Gasteiger partial charge in [0.15, 0.2) is 0 Å². The van der Waals surface area contributed by atoms with E-state index in [1.54, 1.807) is 24.3 Å². The Balaban J connectivity index is 1.51. The predicted molar refractivity (Wildman–Crippen MR) is 122 cm³/mol. The Labute approximate surface area is 184 Å². The number of hydrogen-bond donors (Lipinski definition) is 1. The molecule has 0 saturated carbocycles. The van der Waals surface area contributed by atoms with Gasteiger partial charge in [-0.1, -0.05) is 49.2 Å². The molecule has 0 atom stereocenters. The van der Waals surface area contributed by atoms with E-state index in [0.717, 1.165) is 24.9 Å². The Morgan fingerprint density at radius 3 is 2.43 bits per heavy atom. The van der Waals surface area contributed by atoms with Crippen molar-refractivity contribution in [2.75, 3.05) is 18.4 Å². The van der Waals surface area contributed by atoms with Gasteiger partial charge in [0.2, 0.25) is 15.9 Å². The Hall–Kier alpha value is -1.89. The molecule has 0 radical (unpaired) electrons. The number of amides is 1. The van der Waals surface area contributed by atoms with E-state index in [1.807, 2.05) is 12.1 Å². The molecule has 0 aromatic heterocycles. The first-order valence-corrected chi connectivity index (χ1v) is 12.5. The van der Waals surface area contributed by atoms with Gasteiger partial charge in [-0.3, -0.25) is 4.79 Å². The quantitative estimate of drug-likeness (QED) is 0.626. The van der Waals surface area contributed by atoms with Gasteiger partial charge in [0, 0.05) is 29.7 Å². The van der Waals surface area contributed by atoms with Crippen molar-refractivity contribution in [3.8, 4) is 0 Å². The Bertz CT molecular complexity index is 953. The number of sulfonamides is 1. The summed E-state index contributed by atoms with van der Waals surface area (Å²) in [5, 5.41) is 3.50. The highest BCUT2D eigenvalue weighted by molar-refractivity contribution is 7.88. The van der Waals surface area contributed by atoms with E-state index in [4.69, 9.17) is 11.6 Å². The number of rotatable bonds is 8. The largest absolute Gasteiger partial charge is 0.326 e. The SMILES string of the molecule is CCCCc1ccc(NC(=O)C2CCN(S(=O)(=O)Cc3cccc(Cl)c3)CC2)cc1. The van der Waals surface area contributed by atoms with Crippen LogP contribution in [0.2, 0.25) is 5.02 Å². The summed E-state index contributed by atoms with van der Waals surface area (Å²) >= 11 is 5.96. The van der Waals surface area contributed by atoms with Crippen LogP contribution in [-0.4, -0.2) is 31.7 Å². The monoisotopic (exact) mass is 448 g/mol. The van der Waals surface area contributed by atoms with Gasteiger partial charge in [-0.05, 0) is 61.1 Å². The van der Waals surface area contributed by atoms with Gasteiger partial charge in [-0.2, -0.15) is 0 Å². The molecule has 1 fully saturated rings. The van der Waals surface area contributed by atoms with E-state index in [2.05, 4.69) is 24.4 Å². The van der Waals surface area contributed by atoms with Crippen molar-refractivity contribution in [3.05, 3.63) is 64.7 Å². The fourth-order valence-corrected chi connectivity index (χ4v) is 5.47. The average molecular weight is 449 g/mol. The maximum absolute atomic E-state index is 12.7. The number of hydrogen-bond acceptors (Lipinski definition) is 3. The number of aryl methyl sites for hydroxylation is 1. The topological polar surface area (TPSA) is 66.5 Å². The van der Waals surface area contributed by atoms with Gasteiger partial charge in [-0.25, -0.2) is 12.7 Å². The third-order valence-corrected chi connectivity index (χ3v) is 7.58. The van der Waals surface area contributed by atoms with Crippen molar-refractivity contribution in [2.24, 2.45) is 5.92 Å². The Kier molecular flexibility index (Phi) is 7.92. The lowest BCUT2D eigenvalue weighted by Crippen LogP contribution is -2.41.